The van der Waals surface area contributed by atoms with Crippen molar-refractivity contribution in [1.82, 2.24) is 0 Å². The summed E-state index contributed by atoms with van der Waals surface area (Å²) >= 11 is 0. The number of carbonyl (C=O) groups is 3. The fourth-order valence-corrected chi connectivity index (χ4v) is 6.91. The van der Waals surface area contributed by atoms with E-state index in [1.807, 2.05) is 0 Å². The Balaban J connectivity index is 4.23. The second-order valence-electron chi connectivity index (χ2n) is 16.0. The van der Waals surface area contributed by atoms with E-state index in [1.165, 1.54) is 161 Å². The van der Waals surface area contributed by atoms with Gasteiger partial charge >= 0.3 is 17.9 Å². The molecule has 0 aromatic rings. The van der Waals surface area contributed by atoms with Crippen LogP contribution in [0.15, 0.2) is 12.2 Å². The van der Waals surface area contributed by atoms with Crippen molar-refractivity contribution < 1.29 is 28.6 Å². The highest BCUT2D eigenvalue weighted by Gasteiger charge is 2.19. The van der Waals surface area contributed by atoms with Crippen LogP contribution >= 0.6 is 0 Å². The predicted molar refractivity (Wildman–Crippen MR) is 229 cm³/mol. The zero-order chi connectivity index (χ0) is 39.4. The Bertz CT molecular complexity index is 839. The van der Waals surface area contributed by atoms with Crippen LogP contribution in [-0.2, 0) is 28.6 Å². The molecule has 0 rings (SSSR count). The molecule has 0 aliphatic carbocycles. The van der Waals surface area contributed by atoms with Gasteiger partial charge in [-0.1, -0.05) is 206 Å². The van der Waals surface area contributed by atoms with Gasteiger partial charge in [0.05, 0.1) is 0 Å². The van der Waals surface area contributed by atoms with Crippen LogP contribution in [0.25, 0.3) is 0 Å². The van der Waals surface area contributed by atoms with Crippen molar-refractivity contribution in [3.8, 4) is 0 Å². The molecule has 1 unspecified atom stereocenters. The van der Waals surface area contributed by atoms with Gasteiger partial charge in [-0.05, 0) is 44.9 Å². The highest BCUT2D eigenvalue weighted by molar-refractivity contribution is 5.71. The van der Waals surface area contributed by atoms with E-state index >= 15 is 0 Å². The van der Waals surface area contributed by atoms with Crippen molar-refractivity contribution in [2.75, 3.05) is 13.2 Å². The summed E-state index contributed by atoms with van der Waals surface area (Å²) in [6, 6.07) is 0. The highest BCUT2D eigenvalue weighted by atomic mass is 16.6. The number of unbranched alkanes of at least 4 members (excludes halogenated alkanes) is 30. The van der Waals surface area contributed by atoms with Gasteiger partial charge < -0.3 is 14.2 Å². The second-order valence-corrected chi connectivity index (χ2v) is 16.0. The Morgan fingerprint density at radius 3 is 0.926 bits per heavy atom. The van der Waals surface area contributed by atoms with Crippen molar-refractivity contribution in [2.45, 2.75) is 264 Å². The van der Waals surface area contributed by atoms with Gasteiger partial charge in [-0.3, -0.25) is 14.4 Å². The van der Waals surface area contributed by atoms with E-state index in [1.54, 1.807) is 0 Å². The van der Waals surface area contributed by atoms with Crippen LogP contribution in [0.4, 0.5) is 0 Å². The molecule has 0 heterocycles. The van der Waals surface area contributed by atoms with Crippen LogP contribution < -0.4 is 0 Å². The number of rotatable bonds is 43. The average Bonchev–Trinajstić information content (AvgIpc) is 3.17. The van der Waals surface area contributed by atoms with Crippen molar-refractivity contribution in [3.05, 3.63) is 12.2 Å². The largest absolute Gasteiger partial charge is 0.462 e. The minimum atomic E-state index is -0.762. The second kappa shape index (κ2) is 43.9. The summed E-state index contributed by atoms with van der Waals surface area (Å²) in [5.74, 6) is -0.869. The minimum absolute atomic E-state index is 0.0676. The van der Waals surface area contributed by atoms with E-state index in [2.05, 4.69) is 32.9 Å². The Hall–Kier alpha value is -1.85. The van der Waals surface area contributed by atoms with Gasteiger partial charge in [-0.15, -0.1) is 0 Å². The van der Waals surface area contributed by atoms with Crippen molar-refractivity contribution in [1.29, 1.82) is 0 Å². The molecule has 0 saturated carbocycles. The number of esters is 3. The van der Waals surface area contributed by atoms with E-state index in [4.69, 9.17) is 14.2 Å². The number of ether oxygens (including phenoxy) is 3. The number of hydrogen-bond acceptors (Lipinski definition) is 6. The third-order valence-electron chi connectivity index (χ3n) is 10.5. The van der Waals surface area contributed by atoms with E-state index in [0.717, 1.165) is 57.8 Å². The molecule has 1 atom stereocenters. The molecule has 0 saturated heterocycles. The molecule has 0 bridgehead atoms. The molecule has 0 spiro atoms. The van der Waals surface area contributed by atoms with Crippen LogP contribution in [0.2, 0.25) is 0 Å². The number of hydrogen-bond donors (Lipinski definition) is 0. The van der Waals surface area contributed by atoms with E-state index < -0.39 is 6.10 Å². The molecule has 0 fully saturated rings. The zero-order valence-electron chi connectivity index (χ0n) is 36.3. The molecule has 0 aromatic heterocycles. The monoisotopic (exact) mass is 763 g/mol. The predicted octanol–water partition coefficient (Wildman–Crippen LogP) is 15.0. The summed E-state index contributed by atoms with van der Waals surface area (Å²) < 4.78 is 16.7. The third-order valence-corrected chi connectivity index (χ3v) is 10.5. The molecule has 0 aliphatic rings. The Morgan fingerprint density at radius 2 is 0.611 bits per heavy atom. The average molecular weight is 763 g/mol. The fraction of sp³-hybridized carbons (Fsp3) is 0.896. The lowest BCUT2D eigenvalue weighted by Crippen LogP contribution is -2.30. The van der Waals surface area contributed by atoms with Gasteiger partial charge in [0.1, 0.15) is 13.2 Å². The van der Waals surface area contributed by atoms with Gasteiger partial charge in [-0.25, -0.2) is 0 Å². The molecular weight excluding hydrogens is 673 g/mol. The quantitative estimate of drug-likeness (QED) is 0.0266. The van der Waals surface area contributed by atoms with Gasteiger partial charge in [0.25, 0.3) is 0 Å². The standard InChI is InChI=1S/C48H90O6/c1-4-7-10-13-16-19-21-22-23-24-25-26-27-28-30-32-35-38-41-47(50)53-44-45(43-52-46(49)40-37-34-31-18-15-12-9-6-3)54-48(51)42-39-36-33-29-20-17-14-11-8-5-2/h23-24,45H,4-22,25-44H2,1-3H3/b24-23-. The maximum Gasteiger partial charge on any atom is 0.306 e. The van der Waals surface area contributed by atoms with Crippen molar-refractivity contribution in [2.24, 2.45) is 0 Å². The Morgan fingerprint density at radius 1 is 0.352 bits per heavy atom. The molecule has 0 amide bonds. The van der Waals surface area contributed by atoms with Crippen LogP contribution in [-0.4, -0.2) is 37.2 Å². The maximum atomic E-state index is 12.7. The Labute approximate surface area is 335 Å². The smallest absolute Gasteiger partial charge is 0.306 e. The summed E-state index contributed by atoms with van der Waals surface area (Å²) in [5.41, 5.74) is 0. The zero-order valence-corrected chi connectivity index (χ0v) is 36.3. The van der Waals surface area contributed by atoms with Crippen LogP contribution in [0, 0.1) is 0 Å². The van der Waals surface area contributed by atoms with Gasteiger partial charge in [0.15, 0.2) is 6.10 Å². The van der Waals surface area contributed by atoms with Crippen molar-refractivity contribution in [3.63, 3.8) is 0 Å². The SMILES string of the molecule is CCCCCCCCC/C=C\CCCCCCCCCC(=O)OCC(COC(=O)CCCCCCCCCC)OC(=O)CCCCCCCCCCCC. The molecule has 0 radical (unpaired) electrons. The molecule has 0 N–H and O–H groups in total. The molecular formula is C48H90O6. The van der Waals surface area contributed by atoms with Gasteiger partial charge in [0, 0.05) is 19.3 Å². The summed E-state index contributed by atoms with van der Waals surface area (Å²) in [4.78, 5) is 37.6. The van der Waals surface area contributed by atoms with Crippen LogP contribution in [0.1, 0.15) is 258 Å². The summed E-state index contributed by atoms with van der Waals surface area (Å²) in [7, 11) is 0. The van der Waals surface area contributed by atoms with Crippen LogP contribution in [0.3, 0.4) is 0 Å². The highest BCUT2D eigenvalue weighted by Crippen LogP contribution is 2.15. The molecule has 6 nitrogen and oxygen atoms in total. The van der Waals surface area contributed by atoms with E-state index in [-0.39, 0.29) is 31.1 Å². The van der Waals surface area contributed by atoms with E-state index in [0.29, 0.717) is 19.3 Å². The number of allylic oxidation sites excluding steroid dienone is 2. The first-order valence-corrected chi connectivity index (χ1v) is 23.7. The first-order valence-electron chi connectivity index (χ1n) is 23.7. The molecule has 318 valence electrons. The Kier molecular flexibility index (Phi) is 42.4. The summed E-state index contributed by atoms with van der Waals surface area (Å²) in [6.45, 7) is 6.60. The van der Waals surface area contributed by atoms with Crippen molar-refractivity contribution >= 4 is 17.9 Å². The lowest BCUT2D eigenvalue weighted by atomic mass is 10.1. The van der Waals surface area contributed by atoms with E-state index in [9.17, 15) is 14.4 Å². The summed E-state index contributed by atoms with van der Waals surface area (Å²) in [5, 5.41) is 0. The first kappa shape index (κ1) is 52.2. The maximum absolute atomic E-state index is 12.7. The molecule has 6 heteroatoms. The molecule has 54 heavy (non-hydrogen) atoms. The van der Waals surface area contributed by atoms with Gasteiger partial charge in [-0.2, -0.15) is 0 Å². The molecule has 0 aliphatic heterocycles. The fourth-order valence-electron chi connectivity index (χ4n) is 6.91. The lowest BCUT2D eigenvalue weighted by Gasteiger charge is -2.18. The van der Waals surface area contributed by atoms with Gasteiger partial charge in [0.2, 0.25) is 0 Å². The third kappa shape index (κ3) is 41.3. The molecule has 0 aromatic carbocycles. The lowest BCUT2D eigenvalue weighted by molar-refractivity contribution is -0.167. The minimum Gasteiger partial charge on any atom is -0.462 e. The topological polar surface area (TPSA) is 78.9 Å². The summed E-state index contributed by atoms with van der Waals surface area (Å²) in [6.07, 6.45) is 46.3. The van der Waals surface area contributed by atoms with Crippen LogP contribution in [0.5, 0.6) is 0 Å². The first-order chi connectivity index (χ1) is 26.5. The normalized spacial score (nSPS) is 12.0. The number of carbonyl (C=O) groups excluding carboxylic acids is 3.